The molecule has 0 amide bonds. The fourth-order valence-electron chi connectivity index (χ4n) is 1.10. The molecule has 0 saturated carbocycles. The molecule has 3 N–H and O–H groups in total. The van der Waals surface area contributed by atoms with Crippen molar-refractivity contribution < 1.29 is 32.9 Å². The van der Waals surface area contributed by atoms with Crippen LogP contribution >= 0.6 is 27.8 Å². The molecule has 0 bridgehead atoms. The summed E-state index contributed by atoms with van der Waals surface area (Å²) in [5.41, 5.74) is -2.74. The maximum absolute atomic E-state index is 9.16. The van der Waals surface area contributed by atoms with Gasteiger partial charge in [-0.2, -0.15) is 0 Å². The van der Waals surface area contributed by atoms with Crippen molar-refractivity contribution in [1.82, 2.24) is 0 Å². The summed E-state index contributed by atoms with van der Waals surface area (Å²) in [4.78, 5) is 9.16. The van der Waals surface area contributed by atoms with E-state index < -0.39 is 5.69 Å². The quantitative estimate of drug-likeness (QED) is 0.400. The third kappa shape index (κ3) is 18.2. The van der Waals surface area contributed by atoms with E-state index in [-0.39, 0.29) is 5.48 Å². The molecular weight excluding hydrogens is 367 g/mol. The van der Waals surface area contributed by atoms with Crippen LogP contribution in [0, 0.1) is 5.92 Å². The Morgan fingerprint density at radius 2 is 1.94 bits per heavy atom. The van der Waals surface area contributed by atoms with Crippen LogP contribution in [0.15, 0.2) is 0 Å². The Bertz CT molecular complexity index is 191. The van der Waals surface area contributed by atoms with Crippen molar-refractivity contribution in [2.75, 3.05) is 6.61 Å². The van der Waals surface area contributed by atoms with Crippen LogP contribution in [0.2, 0.25) is 0 Å². The molecule has 0 aliphatic rings. The van der Waals surface area contributed by atoms with Gasteiger partial charge in [-0.3, -0.25) is 0 Å². The Labute approximate surface area is 124 Å². The van der Waals surface area contributed by atoms with E-state index in [1.807, 2.05) is 0 Å². The molecule has 0 heterocycles. The molecule has 0 aliphatic heterocycles. The molecule has 0 radical (unpaired) electrons. The molecule has 3 nitrogen and oxygen atoms in total. The maximum atomic E-state index is 9.16. The summed E-state index contributed by atoms with van der Waals surface area (Å²) in [6, 6.07) is 0. The van der Waals surface area contributed by atoms with Gasteiger partial charge in [-0.15, -0.1) is 0 Å². The van der Waals surface area contributed by atoms with Crippen LogP contribution in [0.3, 0.4) is 0 Å². The van der Waals surface area contributed by atoms with E-state index in [0.29, 0.717) is 12.5 Å². The first-order chi connectivity index (χ1) is 6.99. The molecule has 0 spiro atoms. The summed E-state index contributed by atoms with van der Waals surface area (Å²) in [7, 11) is 4.09. The third-order valence-electron chi connectivity index (χ3n) is 2.02. The van der Waals surface area contributed by atoms with Gasteiger partial charge in [0.25, 0.3) is 0 Å². The zero-order valence-electron chi connectivity index (χ0n) is 9.59. The van der Waals surface area contributed by atoms with Gasteiger partial charge in [0.05, 0.1) is 6.61 Å². The van der Waals surface area contributed by atoms with E-state index in [9.17, 15) is 0 Å². The number of rotatable bonds is 7. The molecular formula is C8H21MoO3PS3. The van der Waals surface area contributed by atoms with Gasteiger partial charge in [-0.05, 0) is 24.1 Å². The zero-order chi connectivity index (χ0) is 12.3. The van der Waals surface area contributed by atoms with Gasteiger partial charge in [0.15, 0.2) is 0 Å². The summed E-state index contributed by atoms with van der Waals surface area (Å²) < 4.78 is 5.13. The zero-order valence-corrected chi connectivity index (χ0v) is 15.0. The first-order valence-corrected chi connectivity index (χ1v) is 11.5. The van der Waals surface area contributed by atoms with Crippen molar-refractivity contribution in [2.24, 2.45) is 5.92 Å². The molecule has 0 aromatic rings. The van der Waals surface area contributed by atoms with Crippen LogP contribution in [0.5, 0.6) is 0 Å². The van der Waals surface area contributed by atoms with Crippen molar-refractivity contribution in [3.05, 3.63) is 0 Å². The van der Waals surface area contributed by atoms with Crippen molar-refractivity contribution in [3.8, 4) is 0 Å². The molecule has 0 aromatic heterocycles. The molecule has 0 saturated heterocycles. The topological polar surface area (TPSA) is 61.0 Å². The standard InChI is InChI=1S/C8H19O2PS2.Mo.H2O.S/c1-3-5-6-8(4-2)7-10-11(9,12)13;;;/h8H,3-7H2,1-2H3,(H2,9,12,13);;1H2;. The SMILES string of the molecule is CCCCC(CC)COP(O)(=S)S.O.[S]=[Mo]. The summed E-state index contributed by atoms with van der Waals surface area (Å²) >= 11 is 10.0. The van der Waals surface area contributed by atoms with Gasteiger partial charge >= 0.3 is 27.8 Å². The summed E-state index contributed by atoms with van der Waals surface area (Å²) in [5.74, 6) is 0.515. The number of hydrogen-bond acceptors (Lipinski definition) is 3. The van der Waals surface area contributed by atoms with Gasteiger partial charge in [-0.25, -0.2) is 0 Å². The van der Waals surface area contributed by atoms with Crippen molar-refractivity contribution >= 4 is 39.6 Å². The molecule has 16 heavy (non-hydrogen) atoms. The predicted molar refractivity (Wildman–Crippen MR) is 76.0 cm³/mol. The monoisotopic (exact) mass is 390 g/mol. The number of hydrogen-bond donors (Lipinski definition) is 2. The van der Waals surface area contributed by atoms with E-state index >= 15 is 0 Å². The van der Waals surface area contributed by atoms with Gasteiger partial charge in [-0.1, -0.05) is 45.4 Å². The Hall–Kier alpha value is 1.79. The second kappa shape index (κ2) is 14.8. The van der Waals surface area contributed by atoms with Gasteiger partial charge in [0, 0.05) is 0 Å². The van der Waals surface area contributed by atoms with Crippen LogP contribution in [0.1, 0.15) is 39.5 Å². The molecule has 2 unspecified atom stereocenters. The van der Waals surface area contributed by atoms with E-state index in [1.54, 1.807) is 0 Å². The van der Waals surface area contributed by atoms with Crippen molar-refractivity contribution in [3.63, 3.8) is 0 Å². The Balaban J connectivity index is -0.000000529. The predicted octanol–water partition coefficient (Wildman–Crippen LogP) is 3.19. The average molecular weight is 388 g/mol. The first kappa shape index (κ1) is 22.9. The second-order valence-electron chi connectivity index (χ2n) is 3.20. The normalized spacial score (nSPS) is 15.0. The van der Waals surface area contributed by atoms with Crippen LogP contribution in [-0.4, -0.2) is 17.0 Å². The minimum absolute atomic E-state index is 0. The van der Waals surface area contributed by atoms with E-state index in [4.69, 9.17) is 9.42 Å². The van der Waals surface area contributed by atoms with E-state index in [1.165, 1.54) is 30.8 Å². The molecule has 0 fully saturated rings. The molecule has 0 rings (SSSR count). The van der Waals surface area contributed by atoms with E-state index in [0.717, 1.165) is 12.8 Å². The molecule has 2 atom stereocenters. The first-order valence-electron chi connectivity index (χ1n) is 4.86. The Morgan fingerprint density at radius 3 is 2.25 bits per heavy atom. The number of unbranched alkanes of at least 4 members (excludes halogenated alkanes) is 1. The molecule has 8 heteroatoms. The minimum atomic E-state index is -2.74. The van der Waals surface area contributed by atoms with Crippen molar-refractivity contribution in [1.29, 1.82) is 0 Å². The van der Waals surface area contributed by atoms with E-state index in [2.05, 4.69) is 47.7 Å². The fourth-order valence-corrected chi connectivity index (χ4v) is 1.89. The third-order valence-corrected chi connectivity index (χ3v) is 3.17. The van der Waals surface area contributed by atoms with Crippen molar-refractivity contribution in [2.45, 2.75) is 39.5 Å². The van der Waals surface area contributed by atoms with Crippen LogP contribution in [0.25, 0.3) is 0 Å². The summed E-state index contributed by atoms with van der Waals surface area (Å²) in [6.07, 6.45) is 4.63. The van der Waals surface area contributed by atoms with Gasteiger partial charge in [0.1, 0.15) is 0 Å². The molecule has 0 aliphatic carbocycles. The Kier molecular flexibility index (Phi) is 21.3. The van der Waals surface area contributed by atoms with Crippen LogP contribution < -0.4 is 0 Å². The summed E-state index contributed by atoms with van der Waals surface area (Å²) in [5, 5.41) is 0. The van der Waals surface area contributed by atoms with Gasteiger partial charge < -0.3 is 14.9 Å². The van der Waals surface area contributed by atoms with Crippen LogP contribution in [0.4, 0.5) is 0 Å². The summed E-state index contributed by atoms with van der Waals surface area (Å²) in [6.45, 7) is 4.85. The number of thiol groups is 1. The van der Waals surface area contributed by atoms with Gasteiger partial charge in [0.2, 0.25) is 5.69 Å². The fraction of sp³-hybridized carbons (Fsp3) is 1.00. The Morgan fingerprint density at radius 1 is 1.44 bits per heavy atom. The molecule has 0 aromatic carbocycles. The van der Waals surface area contributed by atoms with Crippen LogP contribution in [-0.2, 0) is 34.3 Å². The second-order valence-corrected chi connectivity index (χ2v) is 8.37. The average Bonchev–Trinajstić information content (AvgIpc) is 2.20. The molecule has 100 valence electrons.